The van der Waals surface area contributed by atoms with Crippen molar-refractivity contribution in [3.8, 4) is 0 Å². The Morgan fingerprint density at radius 2 is 2.22 bits per heavy atom. The molecular formula is C14H26N2O2. The van der Waals surface area contributed by atoms with Gasteiger partial charge in [0, 0.05) is 19.0 Å². The second kappa shape index (κ2) is 8.11. The van der Waals surface area contributed by atoms with E-state index < -0.39 is 0 Å². The van der Waals surface area contributed by atoms with Gasteiger partial charge in [-0.3, -0.25) is 9.59 Å². The van der Waals surface area contributed by atoms with Gasteiger partial charge in [0.15, 0.2) is 0 Å². The molecule has 1 heterocycles. The molecule has 0 aromatic rings. The van der Waals surface area contributed by atoms with Crippen LogP contribution in [0.2, 0.25) is 0 Å². The summed E-state index contributed by atoms with van der Waals surface area (Å²) in [5.74, 6) is 0.116. The Balaban J connectivity index is 2.16. The number of amides is 2. The van der Waals surface area contributed by atoms with Crippen LogP contribution in [0.15, 0.2) is 0 Å². The zero-order valence-corrected chi connectivity index (χ0v) is 11.6. The van der Waals surface area contributed by atoms with Gasteiger partial charge in [0.2, 0.25) is 11.8 Å². The van der Waals surface area contributed by atoms with Gasteiger partial charge in [0.05, 0.1) is 5.92 Å². The molecule has 1 saturated heterocycles. The number of rotatable bonds is 7. The van der Waals surface area contributed by atoms with Crippen LogP contribution in [0.25, 0.3) is 0 Å². The van der Waals surface area contributed by atoms with Crippen LogP contribution < -0.4 is 10.6 Å². The Morgan fingerprint density at radius 1 is 1.44 bits per heavy atom. The lowest BCUT2D eigenvalue weighted by molar-refractivity contribution is -0.129. The number of carbonyl (C=O) groups is 2. The molecule has 2 amide bonds. The molecule has 1 aliphatic heterocycles. The predicted octanol–water partition coefficient (Wildman–Crippen LogP) is 1.99. The quantitative estimate of drug-likeness (QED) is 0.683. The first-order valence-electron chi connectivity index (χ1n) is 7.20. The molecule has 2 N–H and O–H groups in total. The molecule has 2 unspecified atom stereocenters. The summed E-state index contributed by atoms with van der Waals surface area (Å²) < 4.78 is 0. The SMILES string of the molecule is CCCCCCC(C)NC(=O)C1CCC(=O)NC1. The standard InChI is InChI=1S/C14H26N2O2/c1-3-4-5-6-7-11(2)16-14(18)12-8-9-13(17)15-10-12/h11-12H,3-10H2,1-2H3,(H,15,17)(H,16,18). The second-order valence-corrected chi connectivity index (χ2v) is 5.30. The van der Waals surface area contributed by atoms with E-state index in [1.54, 1.807) is 0 Å². The lowest BCUT2D eigenvalue weighted by atomic mass is 9.97. The van der Waals surface area contributed by atoms with Crippen LogP contribution in [0, 0.1) is 5.92 Å². The van der Waals surface area contributed by atoms with Crippen molar-refractivity contribution in [2.24, 2.45) is 5.92 Å². The van der Waals surface area contributed by atoms with Crippen molar-refractivity contribution in [1.29, 1.82) is 0 Å². The number of hydrogen-bond acceptors (Lipinski definition) is 2. The van der Waals surface area contributed by atoms with Gasteiger partial charge >= 0.3 is 0 Å². The summed E-state index contributed by atoms with van der Waals surface area (Å²) in [6, 6.07) is 0.243. The van der Waals surface area contributed by atoms with Crippen LogP contribution in [0.5, 0.6) is 0 Å². The lowest BCUT2D eigenvalue weighted by Gasteiger charge is -2.23. The van der Waals surface area contributed by atoms with Crippen molar-refractivity contribution in [2.45, 2.75) is 64.8 Å². The average molecular weight is 254 g/mol. The van der Waals surface area contributed by atoms with E-state index in [1.807, 2.05) is 0 Å². The highest BCUT2D eigenvalue weighted by atomic mass is 16.2. The van der Waals surface area contributed by atoms with Crippen LogP contribution in [0.4, 0.5) is 0 Å². The number of unbranched alkanes of at least 4 members (excludes halogenated alkanes) is 3. The van der Waals surface area contributed by atoms with Crippen molar-refractivity contribution in [1.82, 2.24) is 10.6 Å². The molecule has 0 aromatic carbocycles. The largest absolute Gasteiger partial charge is 0.355 e. The Morgan fingerprint density at radius 3 is 2.83 bits per heavy atom. The molecule has 0 aromatic heterocycles. The number of hydrogen-bond donors (Lipinski definition) is 2. The lowest BCUT2D eigenvalue weighted by Crippen LogP contribution is -2.45. The normalized spacial score (nSPS) is 21.2. The van der Waals surface area contributed by atoms with Crippen LogP contribution in [0.1, 0.15) is 58.8 Å². The first-order chi connectivity index (χ1) is 8.63. The summed E-state index contributed by atoms with van der Waals surface area (Å²) >= 11 is 0. The fourth-order valence-electron chi connectivity index (χ4n) is 2.27. The average Bonchev–Trinajstić information content (AvgIpc) is 2.35. The van der Waals surface area contributed by atoms with Crippen molar-refractivity contribution in [2.75, 3.05) is 6.54 Å². The van der Waals surface area contributed by atoms with E-state index in [9.17, 15) is 9.59 Å². The molecule has 0 saturated carbocycles. The number of carbonyl (C=O) groups excluding carboxylic acids is 2. The molecule has 4 heteroatoms. The summed E-state index contributed by atoms with van der Waals surface area (Å²) in [7, 11) is 0. The maximum atomic E-state index is 11.9. The Hall–Kier alpha value is -1.06. The van der Waals surface area contributed by atoms with Crippen LogP contribution in [-0.4, -0.2) is 24.4 Å². The van der Waals surface area contributed by atoms with Gasteiger partial charge in [0.1, 0.15) is 0 Å². The third-order valence-corrected chi connectivity index (χ3v) is 3.52. The Bertz CT molecular complexity index is 269. The van der Waals surface area contributed by atoms with Crippen molar-refractivity contribution in [3.05, 3.63) is 0 Å². The van der Waals surface area contributed by atoms with Crippen LogP contribution >= 0.6 is 0 Å². The molecule has 2 atom stereocenters. The second-order valence-electron chi connectivity index (χ2n) is 5.30. The topological polar surface area (TPSA) is 58.2 Å². The maximum Gasteiger partial charge on any atom is 0.225 e. The summed E-state index contributed by atoms with van der Waals surface area (Å²) in [6.45, 7) is 4.75. The first kappa shape index (κ1) is 15.0. The van der Waals surface area contributed by atoms with E-state index in [0.29, 0.717) is 19.4 Å². The molecule has 1 aliphatic rings. The Kier molecular flexibility index (Phi) is 6.76. The van der Waals surface area contributed by atoms with E-state index in [2.05, 4.69) is 24.5 Å². The fraction of sp³-hybridized carbons (Fsp3) is 0.857. The Labute approximate surface area is 110 Å². The molecule has 0 spiro atoms. The van der Waals surface area contributed by atoms with Gasteiger partial charge in [-0.1, -0.05) is 32.6 Å². The van der Waals surface area contributed by atoms with Crippen molar-refractivity contribution < 1.29 is 9.59 Å². The van der Waals surface area contributed by atoms with E-state index >= 15 is 0 Å². The zero-order chi connectivity index (χ0) is 13.4. The molecule has 1 rings (SSSR count). The highest BCUT2D eigenvalue weighted by molar-refractivity contribution is 5.83. The van der Waals surface area contributed by atoms with Crippen molar-refractivity contribution in [3.63, 3.8) is 0 Å². The fourth-order valence-corrected chi connectivity index (χ4v) is 2.27. The monoisotopic (exact) mass is 254 g/mol. The molecule has 104 valence electrons. The van der Waals surface area contributed by atoms with Gasteiger partial charge in [-0.15, -0.1) is 0 Å². The number of nitrogens with one attached hydrogen (secondary N) is 2. The van der Waals surface area contributed by atoms with E-state index in [0.717, 1.165) is 6.42 Å². The summed E-state index contributed by atoms with van der Waals surface area (Å²) in [6.07, 6.45) is 7.14. The summed E-state index contributed by atoms with van der Waals surface area (Å²) in [4.78, 5) is 23.0. The summed E-state index contributed by atoms with van der Waals surface area (Å²) in [5.41, 5.74) is 0. The van der Waals surface area contributed by atoms with Crippen LogP contribution in [-0.2, 0) is 9.59 Å². The third kappa shape index (κ3) is 5.52. The minimum Gasteiger partial charge on any atom is -0.355 e. The van der Waals surface area contributed by atoms with Gasteiger partial charge in [-0.2, -0.15) is 0 Å². The van der Waals surface area contributed by atoms with E-state index in [1.165, 1.54) is 25.7 Å². The molecule has 0 bridgehead atoms. The van der Waals surface area contributed by atoms with Crippen LogP contribution in [0.3, 0.4) is 0 Å². The molecule has 18 heavy (non-hydrogen) atoms. The molecule has 4 nitrogen and oxygen atoms in total. The van der Waals surface area contributed by atoms with E-state index in [-0.39, 0.29) is 23.8 Å². The third-order valence-electron chi connectivity index (χ3n) is 3.52. The summed E-state index contributed by atoms with van der Waals surface area (Å²) in [5, 5.41) is 5.80. The smallest absolute Gasteiger partial charge is 0.225 e. The molecule has 0 radical (unpaired) electrons. The van der Waals surface area contributed by atoms with Crippen molar-refractivity contribution >= 4 is 11.8 Å². The minimum absolute atomic E-state index is 0.0409. The zero-order valence-electron chi connectivity index (χ0n) is 11.6. The minimum atomic E-state index is -0.0409. The maximum absolute atomic E-state index is 11.9. The van der Waals surface area contributed by atoms with Gasteiger partial charge in [-0.25, -0.2) is 0 Å². The molecule has 0 aliphatic carbocycles. The number of piperidine rings is 1. The predicted molar refractivity (Wildman–Crippen MR) is 72.1 cm³/mol. The van der Waals surface area contributed by atoms with Gasteiger partial charge in [0.25, 0.3) is 0 Å². The highest BCUT2D eigenvalue weighted by Crippen LogP contribution is 2.12. The van der Waals surface area contributed by atoms with E-state index in [4.69, 9.17) is 0 Å². The highest BCUT2D eigenvalue weighted by Gasteiger charge is 2.24. The molecule has 1 fully saturated rings. The van der Waals surface area contributed by atoms with Gasteiger partial charge in [-0.05, 0) is 19.8 Å². The molecular weight excluding hydrogens is 228 g/mol. The van der Waals surface area contributed by atoms with Gasteiger partial charge < -0.3 is 10.6 Å². The first-order valence-corrected chi connectivity index (χ1v) is 7.20.